The number of nitrogens with one attached hydrogen (secondary N) is 1. The van der Waals surface area contributed by atoms with E-state index < -0.39 is 0 Å². The fourth-order valence-corrected chi connectivity index (χ4v) is 2.13. The fraction of sp³-hybridized carbons (Fsp3) is 0.0714. The van der Waals surface area contributed by atoms with Crippen LogP contribution in [0.5, 0.6) is 11.5 Å². The van der Waals surface area contributed by atoms with E-state index in [9.17, 15) is 4.79 Å². The van der Waals surface area contributed by atoms with Gasteiger partial charge in [0.25, 0.3) is 5.91 Å². The van der Waals surface area contributed by atoms with Crippen LogP contribution in [0.4, 0.5) is 5.69 Å². The number of anilines is 1. The fourth-order valence-electron chi connectivity index (χ4n) is 1.62. The number of amides is 1. The number of nitrogens with two attached hydrogens (primary N) is 1. The highest BCUT2D eigenvalue weighted by Gasteiger charge is 2.09. The van der Waals surface area contributed by atoms with Crippen molar-refractivity contribution in [3.8, 4) is 11.5 Å². The molecule has 20 heavy (non-hydrogen) atoms. The van der Waals surface area contributed by atoms with Crippen LogP contribution in [0.25, 0.3) is 0 Å². The van der Waals surface area contributed by atoms with Gasteiger partial charge < -0.3 is 15.8 Å². The molecule has 0 aliphatic heterocycles. The Balaban J connectivity index is 2.34. The average molecular weight is 311 g/mol. The van der Waals surface area contributed by atoms with E-state index in [-0.39, 0.29) is 5.91 Å². The summed E-state index contributed by atoms with van der Waals surface area (Å²) in [5, 5.41) is 3.44. The highest BCUT2D eigenvalue weighted by atomic mass is 35.5. The summed E-state index contributed by atoms with van der Waals surface area (Å²) in [6.45, 7) is 0. The summed E-state index contributed by atoms with van der Waals surface area (Å²) in [6.07, 6.45) is 0. The minimum Gasteiger partial charge on any atom is -0.455 e. The lowest BCUT2D eigenvalue weighted by Crippen LogP contribution is -2.17. The molecule has 2 rings (SSSR count). The standard InChI is InChI=1S/C14H12Cl2N2O2/c1-18-14(19)8-2-3-12(17)13(4-8)20-11-6-9(15)5-10(16)7-11/h2-7H,17H2,1H3,(H,18,19). The number of carbonyl (C=O) groups is 1. The van der Waals surface area contributed by atoms with Crippen molar-refractivity contribution in [3.05, 3.63) is 52.0 Å². The molecule has 2 aromatic carbocycles. The van der Waals surface area contributed by atoms with Gasteiger partial charge in [-0.25, -0.2) is 0 Å². The van der Waals surface area contributed by atoms with Crippen LogP contribution in [0.2, 0.25) is 10.0 Å². The summed E-state index contributed by atoms with van der Waals surface area (Å²) in [5.74, 6) is 0.590. The number of hydrogen-bond acceptors (Lipinski definition) is 3. The molecule has 1 amide bonds. The van der Waals surface area contributed by atoms with Gasteiger partial charge in [-0.05, 0) is 36.4 Å². The van der Waals surface area contributed by atoms with Crippen LogP contribution in [0.1, 0.15) is 10.4 Å². The Morgan fingerprint density at radius 2 is 1.80 bits per heavy atom. The Kier molecular flexibility index (Phi) is 4.37. The molecule has 0 unspecified atom stereocenters. The van der Waals surface area contributed by atoms with Crippen molar-refractivity contribution in [3.63, 3.8) is 0 Å². The molecule has 0 heterocycles. The summed E-state index contributed by atoms with van der Waals surface area (Å²) in [7, 11) is 1.55. The van der Waals surface area contributed by atoms with Crippen LogP contribution in [0.3, 0.4) is 0 Å². The van der Waals surface area contributed by atoms with Crippen LogP contribution < -0.4 is 15.8 Å². The highest BCUT2D eigenvalue weighted by molar-refractivity contribution is 6.34. The molecule has 0 saturated carbocycles. The van der Waals surface area contributed by atoms with Gasteiger partial charge in [-0.15, -0.1) is 0 Å². The Hall–Kier alpha value is -1.91. The third kappa shape index (κ3) is 3.35. The van der Waals surface area contributed by atoms with Crippen molar-refractivity contribution in [2.24, 2.45) is 0 Å². The number of hydrogen-bond donors (Lipinski definition) is 2. The normalized spacial score (nSPS) is 10.2. The monoisotopic (exact) mass is 310 g/mol. The zero-order valence-corrected chi connectivity index (χ0v) is 12.1. The number of halogens is 2. The maximum atomic E-state index is 11.6. The number of rotatable bonds is 3. The third-order valence-electron chi connectivity index (χ3n) is 2.57. The molecule has 0 radical (unpaired) electrons. The molecule has 3 N–H and O–H groups in total. The van der Waals surface area contributed by atoms with Gasteiger partial charge in [-0.3, -0.25) is 4.79 Å². The maximum Gasteiger partial charge on any atom is 0.251 e. The van der Waals surface area contributed by atoms with Crippen molar-refractivity contribution < 1.29 is 9.53 Å². The van der Waals surface area contributed by atoms with Crippen LogP contribution in [0.15, 0.2) is 36.4 Å². The molecule has 2 aromatic rings. The molecule has 4 nitrogen and oxygen atoms in total. The Morgan fingerprint density at radius 3 is 2.40 bits per heavy atom. The third-order valence-corrected chi connectivity index (χ3v) is 3.00. The first-order chi connectivity index (χ1) is 9.49. The van der Waals surface area contributed by atoms with Gasteiger partial charge in [0.1, 0.15) is 5.75 Å². The van der Waals surface area contributed by atoms with Crippen LogP contribution >= 0.6 is 23.2 Å². The summed E-state index contributed by atoms with van der Waals surface area (Å²) in [5.41, 5.74) is 6.69. The lowest BCUT2D eigenvalue weighted by Gasteiger charge is -2.10. The minimum atomic E-state index is -0.223. The molecule has 0 aliphatic carbocycles. The molecule has 0 atom stereocenters. The van der Waals surface area contributed by atoms with Crippen molar-refractivity contribution in [1.29, 1.82) is 0 Å². The minimum absolute atomic E-state index is 0.223. The largest absolute Gasteiger partial charge is 0.455 e. The van der Waals surface area contributed by atoms with Gasteiger partial charge >= 0.3 is 0 Å². The van der Waals surface area contributed by atoms with E-state index in [1.165, 1.54) is 0 Å². The van der Waals surface area contributed by atoms with Gasteiger partial charge in [0.2, 0.25) is 0 Å². The van der Waals surface area contributed by atoms with Crippen LogP contribution in [0, 0.1) is 0 Å². The molecule has 0 fully saturated rings. The number of nitrogen functional groups attached to an aromatic ring is 1. The van der Waals surface area contributed by atoms with Gasteiger partial charge in [0.05, 0.1) is 5.69 Å². The van der Waals surface area contributed by atoms with Crippen LogP contribution in [-0.2, 0) is 0 Å². The van der Waals surface area contributed by atoms with E-state index in [4.69, 9.17) is 33.7 Å². The SMILES string of the molecule is CNC(=O)c1ccc(N)c(Oc2cc(Cl)cc(Cl)c2)c1. The topological polar surface area (TPSA) is 64.4 Å². The summed E-state index contributed by atoms with van der Waals surface area (Å²) in [4.78, 5) is 11.6. The van der Waals surface area contributed by atoms with E-state index in [2.05, 4.69) is 5.32 Å². The lowest BCUT2D eigenvalue weighted by molar-refractivity contribution is 0.0963. The molecule has 0 aliphatic rings. The second-order valence-corrected chi connectivity index (χ2v) is 4.91. The zero-order chi connectivity index (χ0) is 14.7. The maximum absolute atomic E-state index is 11.6. The number of carbonyl (C=O) groups excluding carboxylic acids is 1. The summed E-state index contributed by atoms with van der Waals surface area (Å²) in [6, 6.07) is 9.60. The van der Waals surface area contributed by atoms with Gasteiger partial charge in [0, 0.05) is 22.7 Å². The lowest BCUT2D eigenvalue weighted by atomic mass is 10.2. The van der Waals surface area contributed by atoms with E-state index in [1.807, 2.05) is 0 Å². The van der Waals surface area contributed by atoms with Crippen molar-refractivity contribution in [2.75, 3.05) is 12.8 Å². The Morgan fingerprint density at radius 1 is 1.15 bits per heavy atom. The van der Waals surface area contributed by atoms with E-state index in [0.29, 0.717) is 32.8 Å². The van der Waals surface area contributed by atoms with Crippen LogP contribution in [-0.4, -0.2) is 13.0 Å². The van der Waals surface area contributed by atoms with Gasteiger partial charge in [-0.2, -0.15) is 0 Å². The Bertz CT molecular complexity index is 639. The quantitative estimate of drug-likeness (QED) is 0.849. The first-order valence-corrected chi connectivity index (χ1v) is 6.51. The van der Waals surface area contributed by atoms with E-state index >= 15 is 0 Å². The number of ether oxygens (including phenoxy) is 1. The molecule has 0 aromatic heterocycles. The molecule has 6 heteroatoms. The Labute approximate surface area is 126 Å². The van der Waals surface area contributed by atoms with Crippen molar-refractivity contribution in [2.45, 2.75) is 0 Å². The molecule has 0 bridgehead atoms. The number of benzene rings is 2. The second-order valence-electron chi connectivity index (χ2n) is 4.04. The molecular formula is C14H12Cl2N2O2. The molecule has 104 valence electrons. The van der Waals surface area contributed by atoms with Gasteiger partial charge in [0.15, 0.2) is 5.75 Å². The zero-order valence-electron chi connectivity index (χ0n) is 10.6. The van der Waals surface area contributed by atoms with Crippen molar-refractivity contribution in [1.82, 2.24) is 5.32 Å². The smallest absolute Gasteiger partial charge is 0.251 e. The van der Waals surface area contributed by atoms with E-state index in [1.54, 1.807) is 43.4 Å². The summed E-state index contributed by atoms with van der Waals surface area (Å²) >= 11 is 11.8. The molecule has 0 spiro atoms. The first kappa shape index (κ1) is 14.5. The molecule has 0 saturated heterocycles. The van der Waals surface area contributed by atoms with E-state index in [0.717, 1.165) is 0 Å². The average Bonchev–Trinajstić information content (AvgIpc) is 2.39. The first-order valence-electron chi connectivity index (χ1n) is 5.75. The predicted octanol–water partition coefficient (Wildman–Crippen LogP) is 3.73. The summed E-state index contributed by atoms with van der Waals surface area (Å²) < 4.78 is 5.63. The van der Waals surface area contributed by atoms with Crippen molar-refractivity contribution >= 4 is 34.8 Å². The molecular weight excluding hydrogens is 299 g/mol. The predicted molar refractivity (Wildman–Crippen MR) is 80.8 cm³/mol. The second kappa shape index (κ2) is 6.03. The van der Waals surface area contributed by atoms with Gasteiger partial charge in [-0.1, -0.05) is 23.2 Å². The highest BCUT2D eigenvalue weighted by Crippen LogP contribution is 2.32.